The molecule has 4 nitrogen and oxygen atoms in total. The molecule has 1 atom stereocenters. The van der Waals surface area contributed by atoms with E-state index < -0.39 is 0 Å². The highest BCUT2D eigenvalue weighted by Gasteiger charge is 2.25. The molecule has 0 bridgehead atoms. The van der Waals surface area contributed by atoms with E-state index in [1.165, 1.54) is 34.6 Å². The smallest absolute Gasteiger partial charge is 0.243 e. The van der Waals surface area contributed by atoms with Gasteiger partial charge in [-0.15, -0.1) is 11.3 Å². The fraction of sp³-hybridized carbons (Fsp3) is 0.238. The summed E-state index contributed by atoms with van der Waals surface area (Å²) in [4.78, 5) is 19.3. The summed E-state index contributed by atoms with van der Waals surface area (Å²) in [7, 11) is 0. The quantitative estimate of drug-likeness (QED) is 0.731. The zero-order chi connectivity index (χ0) is 18.8. The van der Waals surface area contributed by atoms with Crippen LogP contribution in [0.3, 0.4) is 0 Å². The summed E-state index contributed by atoms with van der Waals surface area (Å²) in [5.41, 5.74) is 4.21. The number of nitrogens with zero attached hydrogens (tertiary/aromatic N) is 2. The van der Waals surface area contributed by atoms with Gasteiger partial charge in [0.15, 0.2) is 5.13 Å². The molecule has 1 amide bonds. The predicted molar refractivity (Wildman–Crippen MR) is 106 cm³/mol. The molecule has 2 aromatic carbocycles. The van der Waals surface area contributed by atoms with E-state index in [0.29, 0.717) is 5.13 Å². The maximum atomic E-state index is 13.1. The molecule has 0 saturated heterocycles. The van der Waals surface area contributed by atoms with Gasteiger partial charge in [0.05, 0.1) is 11.7 Å². The minimum absolute atomic E-state index is 0.0608. The molecule has 1 unspecified atom stereocenters. The maximum absolute atomic E-state index is 13.1. The molecule has 0 saturated carbocycles. The summed E-state index contributed by atoms with van der Waals surface area (Å²) in [6.45, 7) is 3.57. The summed E-state index contributed by atoms with van der Waals surface area (Å²) >= 11 is 1.37. The third-order valence-corrected chi connectivity index (χ3v) is 5.72. The summed E-state index contributed by atoms with van der Waals surface area (Å²) < 4.78 is 13.1. The Hall–Kier alpha value is -2.57. The van der Waals surface area contributed by atoms with Crippen molar-refractivity contribution in [3.63, 3.8) is 0 Å². The monoisotopic (exact) mass is 381 g/mol. The van der Waals surface area contributed by atoms with Crippen LogP contribution in [0.1, 0.15) is 18.1 Å². The SMILES string of the molecule is CC(C(=O)Nc1nc(-c2ccc(F)cc2)cs1)N1CCc2ccccc2C1. The highest BCUT2D eigenvalue weighted by atomic mass is 32.1. The second-order valence-electron chi connectivity index (χ2n) is 6.70. The Labute approximate surface area is 161 Å². The molecule has 0 aliphatic carbocycles. The fourth-order valence-corrected chi connectivity index (χ4v) is 4.03. The standard InChI is InChI=1S/C21H20FN3OS/c1-14(25-11-10-15-4-2-3-5-17(15)12-25)20(26)24-21-23-19(13-27-21)16-6-8-18(22)9-7-16/h2-9,13-14H,10-12H2,1H3,(H,23,24,26). The molecule has 27 heavy (non-hydrogen) atoms. The van der Waals surface area contributed by atoms with Crippen LogP contribution >= 0.6 is 11.3 Å². The van der Waals surface area contributed by atoms with Gasteiger partial charge in [-0.05, 0) is 48.7 Å². The Morgan fingerprint density at radius 2 is 1.93 bits per heavy atom. The minimum atomic E-state index is -0.278. The third kappa shape index (κ3) is 3.91. The van der Waals surface area contributed by atoms with Gasteiger partial charge in [-0.1, -0.05) is 24.3 Å². The molecular weight excluding hydrogens is 361 g/mol. The largest absolute Gasteiger partial charge is 0.301 e. The van der Waals surface area contributed by atoms with Gasteiger partial charge in [0.25, 0.3) is 0 Å². The molecule has 4 rings (SSSR count). The first-order chi connectivity index (χ1) is 13.1. The van der Waals surface area contributed by atoms with Crippen molar-refractivity contribution in [3.8, 4) is 11.3 Å². The number of carbonyl (C=O) groups excluding carboxylic acids is 1. The zero-order valence-corrected chi connectivity index (χ0v) is 15.8. The summed E-state index contributed by atoms with van der Waals surface area (Å²) in [5, 5.41) is 5.34. The van der Waals surface area contributed by atoms with Crippen molar-refractivity contribution in [1.29, 1.82) is 0 Å². The van der Waals surface area contributed by atoms with Gasteiger partial charge in [-0.3, -0.25) is 9.69 Å². The molecule has 0 radical (unpaired) electrons. The van der Waals surface area contributed by atoms with Crippen LogP contribution in [0, 0.1) is 5.82 Å². The normalized spacial score (nSPS) is 15.2. The first kappa shape index (κ1) is 17.8. The van der Waals surface area contributed by atoms with Gasteiger partial charge >= 0.3 is 0 Å². The number of benzene rings is 2. The van der Waals surface area contributed by atoms with Crippen LogP contribution < -0.4 is 5.32 Å². The first-order valence-corrected chi connectivity index (χ1v) is 9.81. The van der Waals surface area contributed by atoms with E-state index in [1.807, 2.05) is 18.4 Å². The number of hydrogen-bond acceptors (Lipinski definition) is 4. The Bertz CT molecular complexity index is 954. The lowest BCUT2D eigenvalue weighted by Gasteiger charge is -2.32. The Kier molecular flexibility index (Phi) is 5.01. The van der Waals surface area contributed by atoms with Crippen molar-refractivity contribution < 1.29 is 9.18 Å². The molecule has 3 aromatic rings. The van der Waals surface area contributed by atoms with Crippen LogP contribution in [0.15, 0.2) is 53.9 Å². The van der Waals surface area contributed by atoms with Gasteiger partial charge in [-0.2, -0.15) is 0 Å². The number of anilines is 1. The number of halogens is 1. The van der Waals surface area contributed by atoms with Gasteiger partial charge in [0.1, 0.15) is 5.82 Å². The lowest BCUT2D eigenvalue weighted by Crippen LogP contribution is -2.44. The number of nitrogens with one attached hydrogen (secondary N) is 1. The van der Waals surface area contributed by atoms with Crippen LogP contribution in [-0.2, 0) is 17.8 Å². The highest BCUT2D eigenvalue weighted by Crippen LogP contribution is 2.26. The average molecular weight is 381 g/mol. The minimum Gasteiger partial charge on any atom is -0.301 e. The fourth-order valence-electron chi connectivity index (χ4n) is 3.31. The van der Waals surface area contributed by atoms with Crippen molar-refractivity contribution in [1.82, 2.24) is 9.88 Å². The average Bonchev–Trinajstić information content (AvgIpc) is 3.16. The number of rotatable bonds is 4. The second-order valence-corrected chi connectivity index (χ2v) is 7.56. The first-order valence-electron chi connectivity index (χ1n) is 8.93. The molecule has 0 fully saturated rings. The van der Waals surface area contributed by atoms with Crippen LogP contribution in [0.25, 0.3) is 11.3 Å². The molecule has 1 aliphatic rings. The Morgan fingerprint density at radius 3 is 2.70 bits per heavy atom. The summed E-state index contributed by atoms with van der Waals surface area (Å²) in [6.07, 6.45) is 0.958. The molecule has 0 spiro atoms. The molecule has 6 heteroatoms. The number of thiazole rings is 1. The van der Waals surface area contributed by atoms with Crippen molar-refractivity contribution in [2.75, 3.05) is 11.9 Å². The zero-order valence-electron chi connectivity index (χ0n) is 15.0. The highest BCUT2D eigenvalue weighted by molar-refractivity contribution is 7.14. The molecular formula is C21H20FN3OS. The van der Waals surface area contributed by atoms with E-state index in [0.717, 1.165) is 30.8 Å². The van der Waals surface area contributed by atoms with E-state index in [1.54, 1.807) is 12.1 Å². The van der Waals surface area contributed by atoms with Crippen LogP contribution in [0.5, 0.6) is 0 Å². The van der Waals surface area contributed by atoms with E-state index in [2.05, 4.69) is 33.4 Å². The molecule has 1 aromatic heterocycles. The molecule has 138 valence electrons. The van der Waals surface area contributed by atoms with E-state index in [-0.39, 0.29) is 17.8 Å². The van der Waals surface area contributed by atoms with Gasteiger partial charge < -0.3 is 5.32 Å². The van der Waals surface area contributed by atoms with Crippen molar-refractivity contribution in [2.24, 2.45) is 0 Å². The van der Waals surface area contributed by atoms with E-state index in [9.17, 15) is 9.18 Å². The number of aromatic nitrogens is 1. The second kappa shape index (κ2) is 7.58. The molecule has 2 heterocycles. The molecule has 1 aliphatic heterocycles. The number of fused-ring (bicyclic) bond motifs is 1. The summed E-state index contributed by atoms with van der Waals surface area (Å²) in [5.74, 6) is -0.339. The van der Waals surface area contributed by atoms with Crippen molar-refractivity contribution in [2.45, 2.75) is 25.9 Å². The van der Waals surface area contributed by atoms with Crippen LogP contribution in [0.2, 0.25) is 0 Å². The number of hydrogen-bond donors (Lipinski definition) is 1. The van der Waals surface area contributed by atoms with E-state index >= 15 is 0 Å². The maximum Gasteiger partial charge on any atom is 0.243 e. The van der Waals surface area contributed by atoms with Crippen LogP contribution in [0.4, 0.5) is 9.52 Å². The third-order valence-electron chi connectivity index (χ3n) is 4.96. The number of amides is 1. The van der Waals surface area contributed by atoms with E-state index in [4.69, 9.17) is 0 Å². The van der Waals surface area contributed by atoms with Crippen molar-refractivity contribution in [3.05, 3.63) is 70.9 Å². The van der Waals surface area contributed by atoms with Gasteiger partial charge in [0.2, 0.25) is 5.91 Å². The predicted octanol–water partition coefficient (Wildman–Crippen LogP) is 4.33. The van der Waals surface area contributed by atoms with Gasteiger partial charge in [-0.25, -0.2) is 9.37 Å². The van der Waals surface area contributed by atoms with Crippen molar-refractivity contribution >= 4 is 22.4 Å². The van der Waals surface area contributed by atoms with Crippen LogP contribution in [-0.4, -0.2) is 28.4 Å². The Morgan fingerprint density at radius 1 is 1.19 bits per heavy atom. The lowest BCUT2D eigenvalue weighted by atomic mass is 9.99. The topological polar surface area (TPSA) is 45.2 Å². The summed E-state index contributed by atoms with van der Waals surface area (Å²) in [6, 6.07) is 14.3. The molecule has 1 N–H and O–H groups in total. The Balaban J connectivity index is 1.41. The van der Waals surface area contributed by atoms with Gasteiger partial charge in [0, 0.05) is 24.0 Å². The lowest BCUT2D eigenvalue weighted by molar-refractivity contribution is -0.121. The number of carbonyl (C=O) groups is 1.